The van der Waals surface area contributed by atoms with Gasteiger partial charge in [0.25, 0.3) is 0 Å². The van der Waals surface area contributed by atoms with Crippen LogP contribution in [0.4, 0.5) is 10.5 Å². The Bertz CT molecular complexity index is 548. The van der Waals surface area contributed by atoms with E-state index in [-0.39, 0.29) is 6.03 Å². The highest BCUT2D eigenvalue weighted by Gasteiger charge is 2.18. The van der Waals surface area contributed by atoms with Gasteiger partial charge in [-0.3, -0.25) is 0 Å². The van der Waals surface area contributed by atoms with Crippen molar-refractivity contribution in [3.63, 3.8) is 0 Å². The monoisotopic (exact) mass is 343 g/mol. The fraction of sp³-hybridized carbons (Fsp3) is 0.667. The van der Waals surface area contributed by atoms with Crippen molar-refractivity contribution in [2.24, 2.45) is 5.92 Å². The minimum Gasteiger partial charge on any atom is -0.371 e. The Labute approximate surface area is 152 Å². The van der Waals surface area contributed by atoms with Crippen molar-refractivity contribution in [1.29, 1.82) is 0 Å². The van der Waals surface area contributed by atoms with E-state index in [2.05, 4.69) is 34.5 Å². The lowest BCUT2D eigenvalue weighted by molar-refractivity contribution is 0.206. The quantitative estimate of drug-likeness (QED) is 0.745. The molecule has 1 N–H and O–H groups in total. The summed E-state index contributed by atoms with van der Waals surface area (Å²) in [5.41, 5.74) is 2.54. The summed E-state index contributed by atoms with van der Waals surface area (Å²) in [5, 5.41) is 3.09. The van der Waals surface area contributed by atoms with E-state index in [0.29, 0.717) is 6.54 Å². The molecule has 2 aliphatic rings. The summed E-state index contributed by atoms with van der Waals surface area (Å²) in [4.78, 5) is 16.6. The summed E-state index contributed by atoms with van der Waals surface area (Å²) < 4.78 is 0. The Kier molecular flexibility index (Phi) is 6.60. The van der Waals surface area contributed by atoms with Crippen molar-refractivity contribution in [3.8, 4) is 0 Å². The van der Waals surface area contributed by atoms with Crippen LogP contribution < -0.4 is 10.2 Å². The first-order valence-electron chi connectivity index (χ1n) is 10.1. The molecule has 4 nitrogen and oxygen atoms in total. The molecule has 1 heterocycles. The molecular formula is C21H33N3O. The van der Waals surface area contributed by atoms with E-state index in [1.54, 1.807) is 0 Å². The van der Waals surface area contributed by atoms with Gasteiger partial charge < -0.3 is 15.1 Å². The normalized spacial score (nSPS) is 17.9. The average Bonchev–Trinajstić information content (AvgIpc) is 3.32. The smallest absolute Gasteiger partial charge is 0.317 e. The lowest BCUT2D eigenvalue weighted by atomic mass is 10.0. The fourth-order valence-corrected chi connectivity index (χ4v) is 4.26. The van der Waals surface area contributed by atoms with Gasteiger partial charge in [-0.25, -0.2) is 4.79 Å². The molecular weight excluding hydrogens is 310 g/mol. The number of para-hydroxylation sites is 1. The highest BCUT2D eigenvalue weighted by molar-refractivity contribution is 5.74. The van der Waals surface area contributed by atoms with Crippen LogP contribution in [-0.4, -0.2) is 37.6 Å². The van der Waals surface area contributed by atoms with Crippen LogP contribution in [0.25, 0.3) is 0 Å². The van der Waals surface area contributed by atoms with Gasteiger partial charge in [0.05, 0.1) is 0 Å². The van der Waals surface area contributed by atoms with Gasteiger partial charge in [-0.05, 0) is 43.2 Å². The zero-order valence-corrected chi connectivity index (χ0v) is 15.7. The van der Waals surface area contributed by atoms with E-state index in [1.165, 1.54) is 56.2 Å². The number of carbonyl (C=O) groups is 1. The van der Waals surface area contributed by atoms with Crippen LogP contribution >= 0.6 is 0 Å². The Morgan fingerprint density at radius 1 is 1.16 bits per heavy atom. The molecule has 1 saturated carbocycles. The van der Waals surface area contributed by atoms with Crippen molar-refractivity contribution in [1.82, 2.24) is 10.2 Å². The molecule has 0 radical (unpaired) electrons. The van der Waals surface area contributed by atoms with Crippen LogP contribution in [0, 0.1) is 5.92 Å². The first-order chi connectivity index (χ1) is 12.2. The minimum atomic E-state index is 0.0441. The number of nitrogens with zero attached hydrogens (tertiary/aromatic N) is 2. The SMILES string of the molecule is CN(Cc1ccccc1N1CCCC1)C(=O)NCCCC1CCCC1. The summed E-state index contributed by atoms with van der Waals surface area (Å²) in [6, 6.07) is 8.55. The third-order valence-electron chi connectivity index (χ3n) is 5.73. The topological polar surface area (TPSA) is 35.6 Å². The molecule has 1 aliphatic carbocycles. The van der Waals surface area contributed by atoms with Gasteiger partial charge in [0, 0.05) is 38.9 Å². The number of hydrogen-bond donors (Lipinski definition) is 1. The zero-order chi connectivity index (χ0) is 17.5. The van der Waals surface area contributed by atoms with Crippen molar-refractivity contribution >= 4 is 11.7 Å². The molecule has 1 aromatic rings. The highest BCUT2D eigenvalue weighted by Crippen LogP contribution is 2.28. The molecule has 3 rings (SSSR count). The molecule has 0 spiro atoms. The second-order valence-corrected chi connectivity index (χ2v) is 7.70. The second kappa shape index (κ2) is 9.12. The Morgan fingerprint density at radius 2 is 1.88 bits per heavy atom. The van der Waals surface area contributed by atoms with Crippen LogP contribution in [0.5, 0.6) is 0 Å². The van der Waals surface area contributed by atoms with Crippen LogP contribution in [0.3, 0.4) is 0 Å². The molecule has 138 valence electrons. The zero-order valence-electron chi connectivity index (χ0n) is 15.7. The van der Waals surface area contributed by atoms with Crippen molar-refractivity contribution in [3.05, 3.63) is 29.8 Å². The number of amides is 2. The third kappa shape index (κ3) is 5.13. The number of rotatable bonds is 7. The first-order valence-corrected chi connectivity index (χ1v) is 10.1. The summed E-state index contributed by atoms with van der Waals surface area (Å²) in [6.07, 6.45) is 10.5. The predicted octanol–water partition coefficient (Wildman–Crippen LogP) is 4.40. The highest BCUT2D eigenvalue weighted by atomic mass is 16.2. The Morgan fingerprint density at radius 3 is 2.64 bits per heavy atom. The average molecular weight is 344 g/mol. The predicted molar refractivity (Wildman–Crippen MR) is 104 cm³/mol. The molecule has 25 heavy (non-hydrogen) atoms. The fourth-order valence-electron chi connectivity index (χ4n) is 4.26. The number of carbonyl (C=O) groups excluding carboxylic acids is 1. The molecule has 0 bridgehead atoms. The maximum atomic E-state index is 12.4. The van der Waals surface area contributed by atoms with Gasteiger partial charge in [0.2, 0.25) is 0 Å². The Hall–Kier alpha value is -1.71. The molecule has 0 unspecified atom stereocenters. The van der Waals surface area contributed by atoms with Gasteiger partial charge in [-0.1, -0.05) is 43.9 Å². The number of urea groups is 1. The van der Waals surface area contributed by atoms with Gasteiger partial charge in [-0.2, -0.15) is 0 Å². The molecule has 1 aromatic carbocycles. The standard InChI is InChI=1S/C21H33N3O/c1-23(21(25)22-14-8-11-18-9-2-3-10-18)17-19-12-4-5-13-20(19)24-15-6-7-16-24/h4-5,12-13,18H,2-3,6-11,14-17H2,1H3,(H,22,25). The van der Waals surface area contributed by atoms with E-state index in [4.69, 9.17) is 0 Å². The molecule has 0 aromatic heterocycles. The number of anilines is 1. The van der Waals surface area contributed by atoms with Crippen LogP contribution in [-0.2, 0) is 6.54 Å². The molecule has 2 fully saturated rings. The summed E-state index contributed by atoms with van der Waals surface area (Å²) >= 11 is 0. The van der Waals surface area contributed by atoms with E-state index >= 15 is 0 Å². The van der Waals surface area contributed by atoms with Gasteiger partial charge in [0.1, 0.15) is 0 Å². The van der Waals surface area contributed by atoms with E-state index in [9.17, 15) is 4.79 Å². The van der Waals surface area contributed by atoms with E-state index in [1.807, 2.05) is 11.9 Å². The largest absolute Gasteiger partial charge is 0.371 e. The number of benzene rings is 1. The van der Waals surface area contributed by atoms with Gasteiger partial charge >= 0.3 is 6.03 Å². The first kappa shape index (κ1) is 18.1. The summed E-state index contributed by atoms with van der Waals surface area (Å²) in [7, 11) is 1.90. The molecule has 2 amide bonds. The lowest BCUT2D eigenvalue weighted by Gasteiger charge is -2.24. The van der Waals surface area contributed by atoms with Crippen LogP contribution in [0.2, 0.25) is 0 Å². The van der Waals surface area contributed by atoms with Crippen LogP contribution in [0.1, 0.15) is 56.9 Å². The molecule has 1 aliphatic heterocycles. The number of hydrogen-bond acceptors (Lipinski definition) is 2. The lowest BCUT2D eigenvalue weighted by Crippen LogP contribution is -2.37. The second-order valence-electron chi connectivity index (χ2n) is 7.70. The molecule has 0 atom stereocenters. The summed E-state index contributed by atoms with van der Waals surface area (Å²) in [6.45, 7) is 3.73. The minimum absolute atomic E-state index is 0.0441. The van der Waals surface area contributed by atoms with E-state index in [0.717, 1.165) is 32.0 Å². The van der Waals surface area contributed by atoms with Crippen molar-refractivity contribution < 1.29 is 4.79 Å². The van der Waals surface area contributed by atoms with Crippen LogP contribution in [0.15, 0.2) is 24.3 Å². The van der Waals surface area contributed by atoms with E-state index < -0.39 is 0 Å². The van der Waals surface area contributed by atoms with Crippen molar-refractivity contribution in [2.45, 2.75) is 57.9 Å². The van der Waals surface area contributed by atoms with Crippen molar-refractivity contribution in [2.75, 3.05) is 31.6 Å². The maximum absolute atomic E-state index is 12.4. The maximum Gasteiger partial charge on any atom is 0.317 e. The number of nitrogens with one attached hydrogen (secondary N) is 1. The summed E-state index contributed by atoms with van der Waals surface area (Å²) in [5.74, 6) is 0.905. The Balaban J connectivity index is 1.44. The van der Waals surface area contributed by atoms with Gasteiger partial charge in [-0.15, -0.1) is 0 Å². The molecule has 4 heteroatoms. The van der Waals surface area contributed by atoms with Gasteiger partial charge in [0.15, 0.2) is 0 Å². The molecule has 1 saturated heterocycles. The third-order valence-corrected chi connectivity index (χ3v) is 5.73.